The van der Waals surface area contributed by atoms with Crippen molar-refractivity contribution in [3.05, 3.63) is 78.5 Å². The predicted octanol–water partition coefficient (Wildman–Crippen LogP) is 5.05. The molecule has 0 aliphatic heterocycles. The van der Waals surface area contributed by atoms with E-state index in [1.54, 1.807) is 0 Å². The van der Waals surface area contributed by atoms with Gasteiger partial charge in [-0.1, -0.05) is 55.5 Å². The van der Waals surface area contributed by atoms with Crippen LogP contribution in [0.25, 0.3) is 11.1 Å². The van der Waals surface area contributed by atoms with Gasteiger partial charge in [-0.05, 0) is 41.3 Å². The zero-order chi connectivity index (χ0) is 14.5. The van der Waals surface area contributed by atoms with Crippen LogP contribution < -0.4 is 5.32 Å². The Balaban J connectivity index is 1.90. The Morgan fingerprint density at radius 3 is 2.48 bits per heavy atom. The van der Waals surface area contributed by atoms with Crippen LogP contribution in [0.4, 0.5) is 11.5 Å². The summed E-state index contributed by atoms with van der Waals surface area (Å²) in [5, 5.41) is 3.42. The maximum atomic E-state index is 4.44. The lowest BCUT2D eigenvalue weighted by atomic mass is 10.1. The minimum Gasteiger partial charge on any atom is -0.340 e. The van der Waals surface area contributed by atoms with E-state index in [2.05, 4.69) is 71.8 Å². The van der Waals surface area contributed by atoms with E-state index in [0.29, 0.717) is 0 Å². The number of hydrogen-bond donors (Lipinski definition) is 1. The van der Waals surface area contributed by atoms with Gasteiger partial charge in [0.25, 0.3) is 0 Å². The Morgan fingerprint density at radius 1 is 0.857 bits per heavy atom. The normalized spacial score (nSPS) is 10.3. The van der Waals surface area contributed by atoms with Crippen LogP contribution in [0.2, 0.25) is 0 Å². The minimum atomic E-state index is 0.935. The molecule has 1 N–H and O–H groups in total. The first-order valence-electron chi connectivity index (χ1n) is 7.23. The number of nitrogens with zero attached hydrogens (tertiary/aromatic N) is 1. The average Bonchev–Trinajstić information content (AvgIpc) is 2.56. The second kappa shape index (κ2) is 6.23. The fraction of sp³-hybridized carbons (Fsp3) is 0.105. The van der Waals surface area contributed by atoms with Gasteiger partial charge in [-0.25, -0.2) is 4.98 Å². The Labute approximate surface area is 125 Å². The molecule has 0 amide bonds. The van der Waals surface area contributed by atoms with E-state index in [4.69, 9.17) is 0 Å². The van der Waals surface area contributed by atoms with Crippen LogP contribution in [0.15, 0.2) is 72.9 Å². The highest BCUT2D eigenvalue weighted by Crippen LogP contribution is 2.25. The second-order valence-electron chi connectivity index (χ2n) is 4.94. The molecule has 0 bridgehead atoms. The molecule has 1 heterocycles. The zero-order valence-corrected chi connectivity index (χ0v) is 12.1. The molecular formula is C19H18N2. The van der Waals surface area contributed by atoms with E-state index < -0.39 is 0 Å². The van der Waals surface area contributed by atoms with E-state index in [1.807, 2.05) is 18.3 Å². The Bertz CT molecular complexity index is 720. The van der Waals surface area contributed by atoms with Gasteiger partial charge >= 0.3 is 0 Å². The summed E-state index contributed by atoms with van der Waals surface area (Å²) in [5.41, 5.74) is 4.71. The third-order valence-electron chi connectivity index (χ3n) is 3.50. The number of benzene rings is 2. The molecule has 0 radical (unpaired) electrons. The molecule has 1 aromatic heterocycles. The number of hydrogen-bond acceptors (Lipinski definition) is 2. The number of pyridine rings is 1. The van der Waals surface area contributed by atoms with Crippen molar-refractivity contribution in [3.63, 3.8) is 0 Å². The van der Waals surface area contributed by atoms with Crippen molar-refractivity contribution in [1.29, 1.82) is 0 Å². The third-order valence-corrected chi connectivity index (χ3v) is 3.50. The molecule has 0 saturated heterocycles. The Hall–Kier alpha value is -2.61. The lowest BCUT2D eigenvalue weighted by molar-refractivity contribution is 1.11. The number of aromatic nitrogens is 1. The van der Waals surface area contributed by atoms with Gasteiger partial charge in [0.2, 0.25) is 0 Å². The van der Waals surface area contributed by atoms with Crippen molar-refractivity contribution < 1.29 is 0 Å². The van der Waals surface area contributed by atoms with Crippen LogP contribution in [0, 0.1) is 0 Å². The summed E-state index contributed by atoms with van der Waals surface area (Å²) in [6.07, 6.45) is 2.79. The quantitative estimate of drug-likeness (QED) is 0.719. The number of rotatable bonds is 4. The van der Waals surface area contributed by atoms with Crippen LogP contribution in [0.5, 0.6) is 0 Å². The highest BCUT2D eigenvalue weighted by molar-refractivity contribution is 5.70. The standard InChI is InChI=1S/C19H18N2/c1-2-15-11-7-13-20-19(15)21-18-12-6-10-17(14-18)16-8-4-3-5-9-16/h3-14H,2H2,1H3,(H,20,21). The van der Waals surface area contributed by atoms with Crippen LogP contribution >= 0.6 is 0 Å². The van der Waals surface area contributed by atoms with Crippen molar-refractivity contribution in [1.82, 2.24) is 4.98 Å². The smallest absolute Gasteiger partial charge is 0.133 e. The molecule has 0 fully saturated rings. The molecule has 0 spiro atoms. The molecule has 2 aromatic carbocycles. The largest absolute Gasteiger partial charge is 0.340 e. The maximum Gasteiger partial charge on any atom is 0.133 e. The Morgan fingerprint density at radius 2 is 1.67 bits per heavy atom. The van der Waals surface area contributed by atoms with Crippen molar-refractivity contribution in [3.8, 4) is 11.1 Å². The number of anilines is 2. The van der Waals surface area contributed by atoms with Gasteiger partial charge in [0.15, 0.2) is 0 Å². The van der Waals surface area contributed by atoms with E-state index in [9.17, 15) is 0 Å². The average molecular weight is 274 g/mol. The van der Waals surface area contributed by atoms with Crippen LogP contribution in [0.3, 0.4) is 0 Å². The van der Waals surface area contributed by atoms with E-state index in [-0.39, 0.29) is 0 Å². The molecule has 2 nitrogen and oxygen atoms in total. The fourth-order valence-electron chi connectivity index (χ4n) is 2.38. The summed E-state index contributed by atoms with van der Waals surface area (Å²) in [7, 11) is 0. The molecule has 0 atom stereocenters. The minimum absolute atomic E-state index is 0.935. The lowest BCUT2D eigenvalue weighted by Gasteiger charge is -2.11. The Kier molecular flexibility index (Phi) is 3.97. The first-order valence-corrected chi connectivity index (χ1v) is 7.23. The molecule has 3 aromatic rings. The molecular weight excluding hydrogens is 256 g/mol. The van der Waals surface area contributed by atoms with E-state index >= 15 is 0 Å². The monoisotopic (exact) mass is 274 g/mol. The fourth-order valence-corrected chi connectivity index (χ4v) is 2.38. The molecule has 0 aliphatic rings. The van der Waals surface area contributed by atoms with Crippen molar-refractivity contribution in [2.24, 2.45) is 0 Å². The summed E-state index contributed by atoms with van der Waals surface area (Å²) in [4.78, 5) is 4.44. The van der Waals surface area contributed by atoms with Crippen LogP contribution in [0.1, 0.15) is 12.5 Å². The summed E-state index contributed by atoms with van der Waals surface area (Å²) < 4.78 is 0. The van der Waals surface area contributed by atoms with E-state index in [0.717, 1.165) is 17.9 Å². The van der Waals surface area contributed by atoms with E-state index in [1.165, 1.54) is 16.7 Å². The van der Waals surface area contributed by atoms with Gasteiger partial charge in [0.05, 0.1) is 0 Å². The van der Waals surface area contributed by atoms with Crippen molar-refractivity contribution >= 4 is 11.5 Å². The highest BCUT2D eigenvalue weighted by Gasteiger charge is 2.03. The molecule has 0 saturated carbocycles. The summed E-state index contributed by atoms with van der Waals surface area (Å²) in [6, 6.07) is 22.9. The zero-order valence-electron chi connectivity index (χ0n) is 12.1. The maximum absolute atomic E-state index is 4.44. The van der Waals surface area contributed by atoms with Gasteiger partial charge in [-0.15, -0.1) is 0 Å². The molecule has 21 heavy (non-hydrogen) atoms. The van der Waals surface area contributed by atoms with Gasteiger partial charge in [-0.2, -0.15) is 0 Å². The molecule has 2 heteroatoms. The highest BCUT2D eigenvalue weighted by atomic mass is 15.0. The van der Waals surface area contributed by atoms with Gasteiger partial charge in [-0.3, -0.25) is 0 Å². The first-order chi connectivity index (χ1) is 10.4. The molecule has 104 valence electrons. The summed E-state index contributed by atoms with van der Waals surface area (Å²) in [5.74, 6) is 0.935. The lowest BCUT2D eigenvalue weighted by Crippen LogP contribution is -1.97. The molecule has 0 aliphatic carbocycles. The van der Waals surface area contributed by atoms with Crippen LogP contribution in [-0.2, 0) is 6.42 Å². The predicted molar refractivity (Wildman–Crippen MR) is 88.8 cm³/mol. The van der Waals surface area contributed by atoms with Gasteiger partial charge in [0.1, 0.15) is 5.82 Å². The first kappa shape index (κ1) is 13.4. The third kappa shape index (κ3) is 3.11. The topological polar surface area (TPSA) is 24.9 Å². The van der Waals surface area contributed by atoms with Gasteiger partial charge in [0, 0.05) is 11.9 Å². The number of aryl methyl sites for hydroxylation is 1. The SMILES string of the molecule is CCc1cccnc1Nc1cccc(-c2ccccc2)c1. The summed E-state index contributed by atoms with van der Waals surface area (Å²) >= 11 is 0. The van der Waals surface area contributed by atoms with Crippen LogP contribution in [-0.4, -0.2) is 4.98 Å². The second-order valence-corrected chi connectivity index (χ2v) is 4.94. The van der Waals surface area contributed by atoms with Crippen molar-refractivity contribution in [2.45, 2.75) is 13.3 Å². The van der Waals surface area contributed by atoms with Crippen molar-refractivity contribution in [2.75, 3.05) is 5.32 Å². The number of nitrogens with one attached hydrogen (secondary N) is 1. The molecule has 0 unspecified atom stereocenters. The molecule has 3 rings (SSSR count). The summed E-state index contributed by atoms with van der Waals surface area (Å²) in [6.45, 7) is 2.14. The van der Waals surface area contributed by atoms with Gasteiger partial charge < -0.3 is 5.32 Å².